The second-order valence-electron chi connectivity index (χ2n) is 8.55. The van der Waals surface area contributed by atoms with E-state index in [0.717, 1.165) is 25.0 Å². The van der Waals surface area contributed by atoms with Crippen LogP contribution >= 0.6 is 0 Å². The maximum absolute atomic E-state index is 13.4. The minimum absolute atomic E-state index is 0.0983. The highest BCUT2D eigenvalue weighted by atomic mass is 16.5. The van der Waals surface area contributed by atoms with Gasteiger partial charge in [0.25, 0.3) is 5.56 Å². The molecule has 0 saturated carbocycles. The van der Waals surface area contributed by atoms with Crippen LogP contribution in [0.3, 0.4) is 0 Å². The number of nitriles is 1. The van der Waals surface area contributed by atoms with E-state index in [4.69, 9.17) is 10.5 Å². The molecule has 3 N–H and O–H groups in total. The average Bonchev–Trinajstić information content (AvgIpc) is 2.64. The van der Waals surface area contributed by atoms with Crippen molar-refractivity contribution in [3.63, 3.8) is 0 Å². The Morgan fingerprint density at radius 2 is 2.07 bits per heavy atom. The number of nitrogens with zero attached hydrogens (tertiary/aromatic N) is 2. The number of aliphatic hydroxyl groups is 1. The molecule has 6 nitrogen and oxygen atoms in total. The summed E-state index contributed by atoms with van der Waals surface area (Å²) in [4.78, 5) is 13.4. The third kappa shape index (κ3) is 5.42. The fraction of sp³-hybridized carbons (Fsp3) is 0.652. The minimum Gasteiger partial charge on any atom is -0.440 e. The molecule has 2 rings (SSSR count). The molecule has 2 heterocycles. The maximum Gasteiger partial charge on any atom is 0.258 e. The van der Waals surface area contributed by atoms with Gasteiger partial charge in [0.1, 0.15) is 11.8 Å². The molecule has 0 spiro atoms. The Morgan fingerprint density at radius 1 is 1.34 bits per heavy atom. The van der Waals surface area contributed by atoms with Crippen molar-refractivity contribution in [2.24, 2.45) is 17.6 Å². The zero-order chi connectivity index (χ0) is 21.6. The number of fused-ring (bicyclic) bond motifs is 1. The largest absolute Gasteiger partial charge is 0.440 e. The number of nitrogens with two attached hydrogens (primary N) is 1. The van der Waals surface area contributed by atoms with E-state index >= 15 is 0 Å². The van der Waals surface area contributed by atoms with E-state index in [0.29, 0.717) is 41.6 Å². The first-order valence-electron chi connectivity index (χ1n) is 10.8. The number of pyridine rings is 1. The topological polar surface area (TPSA) is 101 Å². The molecule has 160 valence electrons. The van der Waals surface area contributed by atoms with Crippen LogP contribution in [0.2, 0.25) is 0 Å². The van der Waals surface area contributed by atoms with Crippen LogP contribution in [0.25, 0.3) is 0 Å². The van der Waals surface area contributed by atoms with Gasteiger partial charge in [0.05, 0.1) is 17.7 Å². The molecule has 1 aliphatic heterocycles. The number of rotatable bonds is 10. The molecular weight excluding hydrogens is 366 g/mol. The molecule has 1 aliphatic rings. The average molecular weight is 402 g/mol. The van der Waals surface area contributed by atoms with Crippen LogP contribution in [0.5, 0.6) is 5.75 Å². The Labute approximate surface area is 174 Å². The summed E-state index contributed by atoms with van der Waals surface area (Å²) in [5.41, 5.74) is 7.54. The third-order valence-corrected chi connectivity index (χ3v) is 5.63. The Morgan fingerprint density at radius 3 is 2.66 bits per heavy atom. The number of ether oxygens (including phenoxy) is 1. The second kappa shape index (κ2) is 10.5. The van der Waals surface area contributed by atoms with Crippen molar-refractivity contribution in [2.45, 2.75) is 78.7 Å². The Balaban J connectivity index is 2.45. The molecule has 0 radical (unpaired) electrons. The predicted molar refractivity (Wildman–Crippen MR) is 114 cm³/mol. The summed E-state index contributed by atoms with van der Waals surface area (Å²) >= 11 is 0. The van der Waals surface area contributed by atoms with E-state index in [2.05, 4.69) is 26.8 Å². The van der Waals surface area contributed by atoms with Crippen molar-refractivity contribution in [1.82, 2.24) is 4.57 Å². The lowest BCUT2D eigenvalue weighted by Crippen LogP contribution is -2.34. The molecule has 0 fully saturated rings. The van der Waals surface area contributed by atoms with Crippen molar-refractivity contribution >= 4 is 0 Å². The third-order valence-electron chi connectivity index (χ3n) is 5.63. The molecule has 6 heteroatoms. The van der Waals surface area contributed by atoms with Gasteiger partial charge in [0.15, 0.2) is 0 Å². The summed E-state index contributed by atoms with van der Waals surface area (Å²) in [6, 6.07) is 4.03. The van der Waals surface area contributed by atoms with Crippen molar-refractivity contribution < 1.29 is 9.84 Å². The summed E-state index contributed by atoms with van der Waals surface area (Å²) in [7, 11) is 0. The number of aromatic nitrogens is 1. The molecule has 1 aromatic rings. The van der Waals surface area contributed by atoms with Gasteiger partial charge in [-0.1, -0.05) is 53.4 Å². The molecular formula is C23H35N3O3. The van der Waals surface area contributed by atoms with Gasteiger partial charge in [-0.05, 0) is 24.7 Å². The molecule has 0 aliphatic carbocycles. The summed E-state index contributed by atoms with van der Waals surface area (Å²) in [6.07, 6.45) is 5.59. The standard InChI is InChI=1S/C23H35N3O3/c1-5-7-17-13-20-21(23(28)26(17)10-11-27)18(19(14-24)22(25)29-20)12-16(4)9-6-8-15(2)3/h13,15-16,18,27H,5-12,25H2,1-4H3. The van der Waals surface area contributed by atoms with E-state index in [1.807, 2.05) is 13.0 Å². The molecule has 2 atom stereocenters. The monoisotopic (exact) mass is 401 g/mol. The highest BCUT2D eigenvalue weighted by Gasteiger charge is 2.34. The number of aliphatic hydroxyl groups excluding tert-OH is 1. The molecule has 0 amide bonds. The Bertz CT molecular complexity index is 833. The molecule has 2 unspecified atom stereocenters. The highest BCUT2D eigenvalue weighted by Crippen LogP contribution is 2.40. The molecule has 0 saturated heterocycles. The van der Waals surface area contributed by atoms with Crippen LogP contribution in [0.1, 0.15) is 77.0 Å². The maximum atomic E-state index is 13.4. The van der Waals surface area contributed by atoms with E-state index in [1.54, 1.807) is 4.57 Å². The van der Waals surface area contributed by atoms with Crippen molar-refractivity contribution in [3.8, 4) is 11.8 Å². The minimum atomic E-state index is -0.370. The summed E-state index contributed by atoms with van der Waals surface area (Å²) < 4.78 is 7.34. The van der Waals surface area contributed by atoms with E-state index < -0.39 is 0 Å². The molecule has 0 aromatic carbocycles. The lowest BCUT2D eigenvalue weighted by Gasteiger charge is -2.29. The van der Waals surface area contributed by atoms with Crippen LogP contribution in [-0.4, -0.2) is 16.3 Å². The van der Waals surface area contributed by atoms with Crippen molar-refractivity contribution in [2.75, 3.05) is 6.61 Å². The number of aryl methyl sites for hydroxylation is 1. The quantitative estimate of drug-likeness (QED) is 0.621. The SMILES string of the molecule is CCCc1cc2c(c(=O)n1CCO)C(CC(C)CCCC(C)C)C(C#N)=C(N)O2. The molecule has 1 aromatic heterocycles. The van der Waals surface area contributed by atoms with Gasteiger partial charge in [0.2, 0.25) is 5.88 Å². The zero-order valence-electron chi connectivity index (χ0n) is 18.2. The van der Waals surface area contributed by atoms with Crippen molar-refractivity contribution in [3.05, 3.63) is 39.1 Å². The highest BCUT2D eigenvalue weighted by molar-refractivity contribution is 5.49. The first kappa shape index (κ1) is 23.0. The van der Waals surface area contributed by atoms with Gasteiger partial charge in [-0.15, -0.1) is 0 Å². The van der Waals surface area contributed by atoms with Gasteiger partial charge < -0.3 is 20.1 Å². The normalized spacial score (nSPS) is 17.1. The molecule has 0 bridgehead atoms. The first-order valence-corrected chi connectivity index (χ1v) is 10.8. The Kier molecular flexibility index (Phi) is 8.33. The van der Waals surface area contributed by atoms with Crippen LogP contribution in [0.4, 0.5) is 0 Å². The van der Waals surface area contributed by atoms with Crippen LogP contribution in [0.15, 0.2) is 22.3 Å². The van der Waals surface area contributed by atoms with Gasteiger partial charge in [-0.3, -0.25) is 4.79 Å². The zero-order valence-corrected chi connectivity index (χ0v) is 18.2. The summed E-state index contributed by atoms with van der Waals surface area (Å²) in [6.45, 7) is 8.76. The van der Waals surface area contributed by atoms with E-state index in [1.165, 1.54) is 6.42 Å². The fourth-order valence-corrected chi connectivity index (χ4v) is 4.15. The smallest absolute Gasteiger partial charge is 0.258 e. The van der Waals surface area contributed by atoms with Gasteiger partial charge in [-0.2, -0.15) is 5.26 Å². The lowest BCUT2D eigenvalue weighted by molar-refractivity contribution is 0.270. The second-order valence-corrected chi connectivity index (χ2v) is 8.55. The van der Waals surface area contributed by atoms with Gasteiger partial charge in [-0.25, -0.2) is 0 Å². The fourth-order valence-electron chi connectivity index (χ4n) is 4.15. The summed E-state index contributed by atoms with van der Waals surface area (Å²) in [5, 5.41) is 19.2. The predicted octanol–water partition coefficient (Wildman–Crippen LogP) is 3.82. The van der Waals surface area contributed by atoms with Crippen LogP contribution in [0, 0.1) is 23.2 Å². The number of hydrogen-bond acceptors (Lipinski definition) is 5. The first-order chi connectivity index (χ1) is 13.8. The van der Waals surface area contributed by atoms with Crippen LogP contribution in [-0.2, 0) is 13.0 Å². The number of hydrogen-bond donors (Lipinski definition) is 2. The molecule has 29 heavy (non-hydrogen) atoms. The summed E-state index contributed by atoms with van der Waals surface area (Å²) in [5.74, 6) is 1.20. The van der Waals surface area contributed by atoms with Crippen molar-refractivity contribution in [1.29, 1.82) is 5.26 Å². The van der Waals surface area contributed by atoms with Crippen LogP contribution < -0.4 is 16.0 Å². The van der Waals surface area contributed by atoms with Gasteiger partial charge in [0, 0.05) is 24.2 Å². The number of allylic oxidation sites excluding steroid dienone is 1. The lowest BCUT2D eigenvalue weighted by atomic mass is 9.81. The van der Waals surface area contributed by atoms with Gasteiger partial charge >= 0.3 is 0 Å². The van der Waals surface area contributed by atoms with E-state index in [9.17, 15) is 15.2 Å². The van der Waals surface area contributed by atoms with E-state index in [-0.39, 0.29) is 30.5 Å². The Hall–Kier alpha value is -2.26.